The Hall–Kier alpha value is -0.830. The highest BCUT2D eigenvalue weighted by Crippen LogP contribution is 2.28. The molecule has 0 aliphatic heterocycles. The number of thioether (sulfide) groups is 1. The van der Waals surface area contributed by atoms with Gasteiger partial charge in [0.1, 0.15) is 5.82 Å². The molecule has 1 aromatic carbocycles. The molecule has 0 saturated heterocycles. The number of nitrogens with one attached hydrogen (secondary N) is 1. The van der Waals surface area contributed by atoms with Crippen molar-refractivity contribution in [3.63, 3.8) is 0 Å². The molecule has 0 spiro atoms. The molecule has 1 aromatic rings. The van der Waals surface area contributed by atoms with Gasteiger partial charge in [-0.05, 0) is 44.2 Å². The summed E-state index contributed by atoms with van der Waals surface area (Å²) < 4.78 is 41.1. The minimum atomic E-state index is -3.85. The predicted molar refractivity (Wildman–Crippen MR) is 84.5 cm³/mol. The summed E-state index contributed by atoms with van der Waals surface area (Å²) in [6.45, 7) is 4.52. The molecule has 8 heteroatoms. The standard InChI is InChI=1S/C13H21FN2O3S2/c1-7-5-10(14)12(15)8(2)13(7)21(18,19)16-9(3)11(6-17)20-4/h5,9,11,16-17H,6,15H2,1-4H3. The van der Waals surface area contributed by atoms with E-state index in [2.05, 4.69) is 4.72 Å². The third-order valence-corrected chi connectivity index (χ3v) is 6.36. The lowest BCUT2D eigenvalue weighted by Crippen LogP contribution is -2.41. The zero-order chi connectivity index (χ0) is 16.4. The summed E-state index contributed by atoms with van der Waals surface area (Å²) in [6.07, 6.45) is 1.79. The fraction of sp³-hybridized carbons (Fsp3) is 0.538. The van der Waals surface area contributed by atoms with Crippen LogP contribution in [0.15, 0.2) is 11.0 Å². The quantitative estimate of drug-likeness (QED) is 0.683. The van der Waals surface area contributed by atoms with Gasteiger partial charge in [-0.25, -0.2) is 17.5 Å². The molecular weight excluding hydrogens is 315 g/mol. The molecule has 0 fully saturated rings. The molecule has 0 bridgehead atoms. The highest BCUT2D eigenvalue weighted by atomic mass is 32.2. The molecular formula is C13H21FN2O3S2. The van der Waals surface area contributed by atoms with Gasteiger partial charge in [0, 0.05) is 11.3 Å². The van der Waals surface area contributed by atoms with Crippen molar-refractivity contribution in [3.8, 4) is 0 Å². The van der Waals surface area contributed by atoms with Crippen molar-refractivity contribution in [3.05, 3.63) is 23.0 Å². The van der Waals surface area contributed by atoms with Crippen LogP contribution in [0.25, 0.3) is 0 Å². The van der Waals surface area contributed by atoms with Crippen LogP contribution in [-0.4, -0.2) is 37.7 Å². The van der Waals surface area contributed by atoms with E-state index in [0.717, 1.165) is 6.07 Å². The van der Waals surface area contributed by atoms with Crippen molar-refractivity contribution in [2.45, 2.75) is 37.0 Å². The summed E-state index contributed by atoms with van der Waals surface area (Å²) in [4.78, 5) is -0.00829. The Morgan fingerprint density at radius 1 is 1.48 bits per heavy atom. The number of nitrogens with two attached hydrogens (primary N) is 1. The smallest absolute Gasteiger partial charge is 0.241 e. The van der Waals surface area contributed by atoms with E-state index >= 15 is 0 Å². The highest BCUT2D eigenvalue weighted by molar-refractivity contribution is 7.99. The molecule has 0 aromatic heterocycles. The second kappa shape index (κ2) is 6.95. The van der Waals surface area contributed by atoms with Crippen molar-refractivity contribution in [1.29, 1.82) is 0 Å². The van der Waals surface area contributed by atoms with Crippen LogP contribution in [0.2, 0.25) is 0 Å². The Labute approximate surface area is 129 Å². The van der Waals surface area contributed by atoms with Crippen molar-refractivity contribution in [1.82, 2.24) is 4.72 Å². The molecule has 5 nitrogen and oxygen atoms in total. The van der Waals surface area contributed by atoms with Gasteiger partial charge in [0.05, 0.1) is 17.2 Å². The second-order valence-electron chi connectivity index (χ2n) is 4.91. The summed E-state index contributed by atoms with van der Waals surface area (Å²) in [7, 11) is -3.85. The fourth-order valence-corrected chi connectivity index (χ4v) is 4.64. The van der Waals surface area contributed by atoms with E-state index in [-0.39, 0.29) is 28.0 Å². The van der Waals surface area contributed by atoms with Gasteiger partial charge in [-0.15, -0.1) is 0 Å². The molecule has 1 rings (SSSR count). The summed E-state index contributed by atoms with van der Waals surface area (Å²) >= 11 is 1.37. The first kappa shape index (κ1) is 18.2. The normalized spacial score (nSPS) is 15.0. The van der Waals surface area contributed by atoms with Gasteiger partial charge in [-0.2, -0.15) is 11.8 Å². The van der Waals surface area contributed by atoms with Crippen LogP contribution < -0.4 is 10.5 Å². The van der Waals surface area contributed by atoms with Gasteiger partial charge in [0.2, 0.25) is 10.0 Å². The Morgan fingerprint density at radius 2 is 2.05 bits per heavy atom. The molecule has 21 heavy (non-hydrogen) atoms. The topological polar surface area (TPSA) is 92.4 Å². The first-order valence-corrected chi connectivity index (χ1v) is 9.14. The maximum Gasteiger partial charge on any atom is 0.241 e. The summed E-state index contributed by atoms with van der Waals surface area (Å²) in [5, 5.41) is 8.96. The minimum absolute atomic E-state index is 0.00829. The maximum atomic E-state index is 13.5. The number of sulfonamides is 1. The Kier molecular flexibility index (Phi) is 6.03. The number of aryl methyl sites for hydroxylation is 1. The number of nitrogen functional groups attached to an aromatic ring is 1. The number of aliphatic hydroxyl groups is 1. The maximum absolute atomic E-state index is 13.5. The number of hydrogen-bond donors (Lipinski definition) is 3. The lowest BCUT2D eigenvalue weighted by molar-refractivity contribution is 0.282. The lowest BCUT2D eigenvalue weighted by Gasteiger charge is -2.22. The average molecular weight is 336 g/mol. The van der Waals surface area contributed by atoms with Crippen LogP contribution in [0.4, 0.5) is 10.1 Å². The molecule has 0 saturated carbocycles. The SMILES string of the molecule is CSC(CO)C(C)NS(=O)(=O)c1c(C)cc(F)c(N)c1C. The lowest BCUT2D eigenvalue weighted by atomic mass is 10.1. The molecule has 0 aliphatic carbocycles. The zero-order valence-corrected chi connectivity index (χ0v) is 14.1. The summed E-state index contributed by atoms with van der Waals surface area (Å²) in [5.41, 5.74) is 5.90. The van der Waals surface area contributed by atoms with Crippen molar-refractivity contribution >= 4 is 27.5 Å². The Bertz CT molecular complexity index is 616. The van der Waals surface area contributed by atoms with Gasteiger partial charge < -0.3 is 10.8 Å². The average Bonchev–Trinajstić information content (AvgIpc) is 2.36. The van der Waals surface area contributed by atoms with E-state index in [9.17, 15) is 17.9 Å². The van der Waals surface area contributed by atoms with Gasteiger partial charge in [0.25, 0.3) is 0 Å². The monoisotopic (exact) mass is 336 g/mol. The van der Waals surface area contributed by atoms with E-state index in [1.807, 2.05) is 0 Å². The van der Waals surface area contributed by atoms with E-state index in [1.165, 1.54) is 25.6 Å². The number of halogens is 1. The van der Waals surface area contributed by atoms with Gasteiger partial charge >= 0.3 is 0 Å². The fourth-order valence-electron chi connectivity index (χ4n) is 2.16. The van der Waals surface area contributed by atoms with Crippen molar-refractivity contribution in [2.24, 2.45) is 0 Å². The Balaban J connectivity index is 3.24. The largest absolute Gasteiger partial charge is 0.396 e. The van der Waals surface area contributed by atoms with Gasteiger partial charge in [-0.3, -0.25) is 0 Å². The molecule has 120 valence electrons. The number of aliphatic hydroxyl groups excluding tert-OH is 1. The summed E-state index contributed by atoms with van der Waals surface area (Å²) in [6, 6.07) is 0.639. The number of rotatable bonds is 6. The molecule has 0 aliphatic rings. The van der Waals surface area contributed by atoms with E-state index in [4.69, 9.17) is 5.73 Å². The predicted octanol–water partition coefficient (Wildman–Crippen LogP) is 1.42. The Morgan fingerprint density at radius 3 is 2.52 bits per heavy atom. The highest BCUT2D eigenvalue weighted by Gasteiger charge is 2.27. The van der Waals surface area contributed by atoms with Crippen LogP contribution >= 0.6 is 11.8 Å². The first-order chi connectivity index (χ1) is 9.65. The molecule has 0 amide bonds. The molecule has 2 atom stereocenters. The van der Waals surface area contributed by atoms with Crippen LogP contribution in [0, 0.1) is 19.7 Å². The zero-order valence-electron chi connectivity index (χ0n) is 12.5. The third kappa shape index (κ3) is 3.88. The number of benzene rings is 1. The molecule has 0 heterocycles. The van der Waals surface area contributed by atoms with Crippen molar-refractivity contribution in [2.75, 3.05) is 18.6 Å². The van der Waals surface area contributed by atoms with Gasteiger partial charge in [-0.1, -0.05) is 0 Å². The second-order valence-corrected chi connectivity index (χ2v) is 7.64. The van der Waals surface area contributed by atoms with Crippen LogP contribution in [0.3, 0.4) is 0 Å². The first-order valence-electron chi connectivity index (χ1n) is 6.36. The molecule has 2 unspecified atom stereocenters. The molecule has 4 N–H and O–H groups in total. The van der Waals surface area contributed by atoms with Crippen molar-refractivity contribution < 1.29 is 17.9 Å². The number of anilines is 1. The third-order valence-electron chi connectivity index (χ3n) is 3.35. The summed E-state index contributed by atoms with van der Waals surface area (Å²) in [5.74, 6) is -0.630. The van der Waals surface area contributed by atoms with Crippen LogP contribution in [0.5, 0.6) is 0 Å². The van der Waals surface area contributed by atoms with E-state index in [1.54, 1.807) is 13.2 Å². The van der Waals surface area contributed by atoms with E-state index in [0.29, 0.717) is 5.56 Å². The van der Waals surface area contributed by atoms with Crippen LogP contribution in [-0.2, 0) is 10.0 Å². The minimum Gasteiger partial charge on any atom is -0.396 e. The van der Waals surface area contributed by atoms with Gasteiger partial charge in [0.15, 0.2) is 0 Å². The molecule has 0 radical (unpaired) electrons. The number of hydrogen-bond acceptors (Lipinski definition) is 5. The van der Waals surface area contributed by atoms with E-state index < -0.39 is 21.9 Å². The van der Waals surface area contributed by atoms with Crippen LogP contribution in [0.1, 0.15) is 18.1 Å².